The summed E-state index contributed by atoms with van der Waals surface area (Å²) in [6, 6.07) is 7.37. The fraction of sp³-hybridized carbons (Fsp3) is 0.533. The van der Waals surface area contributed by atoms with Crippen LogP contribution < -0.4 is 10.1 Å². The van der Waals surface area contributed by atoms with Gasteiger partial charge in [0.2, 0.25) is 0 Å². The van der Waals surface area contributed by atoms with Crippen LogP contribution in [0, 0.1) is 5.92 Å². The Kier molecular flexibility index (Phi) is 5.86. The first-order valence-electron chi connectivity index (χ1n) is 6.96. The van der Waals surface area contributed by atoms with Crippen LogP contribution in [0.15, 0.2) is 28.7 Å². The fourth-order valence-electron chi connectivity index (χ4n) is 2.44. The first-order valence-corrected chi connectivity index (χ1v) is 7.76. The highest BCUT2D eigenvalue weighted by Gasteiger charge is 2.20. The van der Waals surface area contributed by atoms with Gasteiger partial charge in [-0.3, -0.25) is 4.79 Å². The van der Waals surface area contributed by atoms with Crippen molar-refractivity contribution in [2.24, 2.45) is 5.92 Å². The summed E-state index contributed by atoms with van der Waals surface area (Å²) >= 11 is 3.34. The molecule has 0 aromatic heterocycles. The molecule has 0 heterocycles. The van der Waals surface area contributed by atoms with Crippen LogP contribution in [0.5, 0.6) is 5.75 Å². The number of halogens is 1. The molecule has 4 nitrogen and oxygen atoms in total. The van der Waals surface area contributed by atoms with Crippen LogP contribution in [-0.2, 0) is 4.79 Å². The number of hydrogen-bond donors (Lipinski definition) is 2. The zero-order valence-electron chi connectivity index (χ0n) is 11.3. The van der Waals surface area contributed by atoms with Gasteiger partial charge in [0.1, 0.15) is 5.75 Å². The van der Waals surface area contributed by atoms with Gasteiger partial charge in [-0.2, -0.15) is 0 Å². The van der Waals surface area contributed by atoms with Gasteiger partial charge in [-0.1, -0.05) is 22.4 Å². The molecule has 1 amide bonds. The van der Waals surface area contributed by atoms with E-state index in [1.54, 1.807) is 0 Å². The van der Waals surface area contributed by atoms with E-state index in [9.17, 15) is 9.90 Å². The molecule has 0 aliphatic heterocycles. The number of carbonyl (C=O) groups is 1. The number of rotatable bonds is 5. The van der Waals surface area contributed by atoms with E-state index in [2.05, 4.69) is 21.2 Å². The monoisotopic (exact) mass is 341 g/mol. The third-order valence-electron chi connectivity index (χ3n) is 3.53. The van der Waals surface area contributed by atoms with Crippen molar-refractivity contribution in [3.8, 4) is 5.75 Å². The second-order valence-electron chi connectivity index (χ2n) is 5.23. The number of ether oxygens (including phenoxy) is 1. The molecule has 5 heteroatoms. The van der Waals surface area contributed by atoms with Crippen LogP contribution in [0.1, 0.15) is 25.7 Å². The SMILES string of the molecule is O=C(COc1ccc(Br)cc1)NCC1CCCC(O)C1. The van der Waals surface area contributed by atoms with Crippen molar-refractivity contribution < 1.29 is 14.6 Å². The highest BCUT2D eigenvalue weighted by atomic mass is 79.9. The van der Waals surface area contributed by atoms with Crippen molar-refractivity contribution >= 4 is 21.8 Å². The average molecular weight is 342 g/mol. The average Bonchev–Trinajstić information content (AvgIpc) is 2.45. The molecule has 0 saturated heterocycles. The molecule has 2 atom stereocenters. The molecule has 1 aromatic carbocycles. The lowest BCUT2D eigenvalue weighted by atomic mass is 9.87. The number of aliphatic hydroxyl groups is 1. The highest BCUT2D eigenvalue weighted by molar-refractivity contribution is 9.10. The van der Waals surface area contributed by atoms with E-state index < -0.39 is 0 Å². The zero-order valence-corrected chi connectivity index (χ0v) is 12.9. The Bertz CT molecular complexity index is 435. The van der Waals surface area contributed by atoms with E-state index in [4.69, 9.17) is 4.74 Å². The van der Waals surface area contributed by atoms with E-state index in [-0.39, 0.29) is 18.6 Å². The van der Waals surface area contributed by atoms with Crippen molar-refractivity contribution in [1.29, 1.82) is 0 Å². The molecule has 20 heavy (non-hydrogen) atoms. The van der Waals surface area contributed by atoms with Crippen LogP contribution in [0.4, 0.5) is 0 Å². The van der Waals surface area contributed by atoms with E-state index >= 15 is 0 Å². The Labute approximate surface area is 127 Å². The molecule has 2 rings (SSSR count). The van der Waals surface area contributed by atoms with Gasteiger partial charge in [0.25, 0.3) is 5.91 Å². The molecule has 1 aliphatic carbocycles. The standard InChI is InChI=1S/C15H20BrNO3/c16-12-4-6-14(7-5-12)20-10-15(19)17-9-11-2-1-3-13(18)8-11/h4-7,11,13,18H,1-3,8-10H2,(H,17,19). The lowest BCUT2D eigenvalue weighted by Gasteiger charge is -2.25. The Balaban J connectivity index is 1.66. The summed E-state index contributed by atoms with van der Waals surface area (Å²) in [5.74, 6) is 0.944. The lowest BCUT2D eigenvalue weighted by Crippen LogP contribution is -2.35. The minimum atomic E-state index is -0.204. The number of carbonyl (C=O) groups excluding carboxylic acids is 1. The quantitative estimate of drug-likeness (QED) is 0.864. The number of benzene rings is 1. The molecule has 0 radical (unpaired) electrons. The topological polar surface area (TPSA) is 58.6 Å². The summed E-state index contributed by atoms with van der Waals surface area (Å²) in [4.78, 5) is 11.7. The van der Waals surface area contributed by atoms with Crippen LogP contribution in [0.2, 0.25) is 0 Å². The van der Waals surface area contributed by atoms with E-state index in [0.29, 0.717) is 18.2 Å². The largest absolute Gasteiger partial charge is 0.484 e. The van der Waals surface area contributed by atoms with Crippen LogP contribution in [0.3, 0.4) is 0 Å². The smallest absolute Gasteiger partial charge is 0.257 e. The molecule has 0 bridgehead atoms. The summed E-state index contributed by atoms with van der Waals surface area (Å²) in [5.41, 5.74) is 0. The number of aliphatic hydroxyl groups excluding tert-OH is 1. The van der Waals surface area contributed by atoms with E-state index in [1.807, 2.05) is 24.3 Å². The van der Waals surface area contributed by atoms with Gasteiger partial charge in [-0.25, -0.2) is 0 Å². The molecular weight excluding hydrogens is 322 g/mol. The minimum absolute atomic E-state index is 0.0247. The molecule has 1 aromatic rings. The minimum Gasteiger partial charge on any atom is -0.484 e. The number of nitrogens with one attached hydrogen (secondary N) is 1. The molecule has 1 fully saturated rings. The van der Waals surface area contributed by atoms with Gasteiger partial charge in [-0.05, 0) is 49.4 Å². The first kappa shape index (κ1) is 15.3. The van der Waals surface area contributed by atoms with Crippen molar-refractivity contribution in [3.05, 3.63) is 28.7 Å². The summed E-state index contributed by atoms with van der Waals surface area (Å²) in [7, 11) is 0. The van der Waals surface area contributed by atoms with Crippen LogP contribution in [-0.4, -0.2) is 30.3 Å². The molecule has 1 saturated carbocycles. The molecule has 2 N–H and O–H groups in total. The van der Waals surface area contributed by atoms with Crippen molar-refractivity contribution in [2.75, 3.05) is 13.2 Å². The molecule has 1 aliphatic rings. The normalized spacial score (nSPS) is 22.3. The van der Waals surface area contributed by atoms with E-state index in [0.717, 1.165) is 30.2 Å². The Morgan fingerprint density at radius 1 is 1.35 bits per heavy atom. The maximum atomic E-state index is 11.7. The summed E-state index contributed by atoms with van der Waals surface area (Å²) < 4.78 is 6.38. The molecular formula is C15H20BrNO3. The highest BCUT2D eigenvalue weighted by Crippen LogP contribution is 2.23. The molecule has 0 spiro atoms. The zero-order chi connectivity index (χ0) is 14.4. The van der Waals surface area contributed by atoms with Gasteiger partial charge < -0.3 is 15.2 Å². The molecule has 2 unspecified atom stereocenters. The van der Waals surface area contributed by atoms with Gasteiger partial charge in [0.05, 0.1) is 6.10 Å². The van der Waals surface area contributed by atoms with Crippen molar-refractivity contribution in [2.45, 2.75) is 31.8 Å². The Hall–Kier alpha value is -1.07. The molecule has 110 valence electrons. The first-order chi connectivity index (χ1) is 9.63. The third kappa shape index (κ3) is 5.13. The van der Waals surface area contributed by atoms with Gasteiger partial charge in [0, 0.05) is 11.0 Å². The summed E-state index contributed by atoms with van der Waals surface area (Å²) in [6.45, 7) is 0.649. The van der Waals surface area contributed by atoms with Gasteiger partial charge in [0.15, 0.2) is 6.61 Å². The summed E-state index contributed by atoms with van der Waals surface area (Å²) in [6.07, 6.45) is 3.58. The second-order valence-corrected chi connectivity index (χ2v) is 6.15. The van der Waals surface area contributed by atoms with Gasteiger partial charge in [-0.15, -0.1) is 0 Å². The van der Waals surface area contributed by atoms with Crippen molar-refractivity contribution in [3.63, 3.8) is 0 Å². The Morgan fingerprint density at radius 3 is 2.80 bits per heavy atom. The van der Waals surface area contributed by atoms with Crippen LogP contribution in [0.25, 0.3) is 0 Å². The summed E-state index contributed by atoms with van der Waals surface area (Å²) in [5, 5.41) is 12.4. The predicted molar refractivity (Wildman–Crippen MR) is 80.6 cm³/mol. The Morgan fingerprint density at radius 2 is 2.10 bits per heavy atom. The third-order valence-corrected chi connectivity index (χ3v) is 4.06. The van der Waals surface area contributed by atoms with Gasteiger partial charge >= 0.3 is 0 Å². The lowest BCUT2D eigenvalue weighted by molar-refractivity contribution is -0.123. The fourth-order valence-corrected chi connectivity index (χ4v) is 2.70. The predicted octanol–water partition coefficient (Wildman–Crippen LogP) is 2.50. The maximum absolute atomic E-state index is 11.7. The number of hydrogen-bond acceptors (Lipinski definition) is 3. The van der Waals surface area contributed by atoms with E-state index in [1.165, 1.54) is 0 Å². The van der Waals surface area contributed by atoms with Crippen molar-refractivity contribution in [1.82, 2.24) is 5.32 Å². The second kappa shape index (κ2) is 7.64. The van der Waals surface area contributed by atoms with Crippen LogP contribution >= 0.6 is 15.9 Å². The number of amides is 1. The maximum Gasteiger partial charge on any atom is 0.257 e.